The van der Waals surface area contributed by atoms with E-state index in [-0.39, 0.29) is 24.1 Å². The van der Waals surface area contributed by atoms with E-state index in [0.717, 1.165) is 45.5 Å². The topological polar surface area (TPSA) is 125 Å². The fourth-order valence-corrected chi connectivity index (χ4v) is 9.18. The Kier molecular flexibility index (Phi) is 9.81. The number of sulfonamides is 1. The van der Waals surface area contributed by atoms with E-state index in [1.807, 2.05) is 49.7 Å². The number of nitrogens with zero attached hydrogens (tertiary/aromatic N) is 4. The van der Waals surface area contributed by atoms with E-state index in [0.29, 0.717) is 49.4 Å². The van der Waals surface area contributed by atoms with E-state index in [9.17, 15) is 18.0 Å². The number of thiophene rings is 1. The first-order chi connectivity index (χ1) is 23.4. The minimum atomic E-state index is -3.85. The number of aliphatic imine (C=N–C) groups is 1. The fraction of sp³-hybridized carbons (Fsp3) is 0.405. The number of amides is 2. The van der Waals surface area contributed by atoms with Crippen molar-refractivity contribution >= 4 is 44.9 Å². The molecule has 258 valence electrons. The van der Waals surface area contributed by atoms with Crippen LogP contribution in [0.15, 0.2) is 69.5 Å². The molecule has 0 bridgehead atoms. The van der Waals surface area contributed by atoms with Crippen molar-refractivity contribution in [3.63, 3.8) is 0 Å². The summed E-state index contributed by atoms with van der Waals surface area (Å²) in [6.07, 6.45) is 3.19. The van der Waals surface area contributed by atoms with E-state index in [1.54, 1.807) is 23.6 Å². The highest BCUT2D eigenvalue weighted by Crippen LogP contribution is 2.43. The number of amidine groups is 1. The van der Waals surface area contributed by atoms with Crippen molar-refractivity contribution in [3.05, 3.63) is 92.8 Å². The highest BCUT2D eigenvalue weighted by molar-refractivity contribution is 7.93. The van der Waals surface area contributed by atoms with Crippen molar-refractivity contribution in [2.75, 3.05) is 11.8 Å². The van der Waals surface area contributed by atoms with Gasteiger partial charge in [0.05, 0.1) is 22.4 Å². The average molecular weight is 702 g/mol. The molecule has 2 aromatic carbocycles. The first-order valence-corrected chi connectivity index (χ1v) is 19.2. The van der Waals surface area contributed by atoms with Gasteiger partial charge in [-0.25, -0.2) is 8.42 Å². The maximum atomic E-state index is 14.3. The van der Waals surface area contributed by atoms with Crippen LogP contribution in [0, 0.1) is 20.8 Å². The van der Waals surface area contributed by atoms with Crippen molar-refractivity contribution in [1.82, 2.24) is 15.0 Å². The average Bonchev–Trinajstić information content (AvgIpc) is 3.86. The molecule has 1 aliphatic carbocycles. The van der Waals surface area contributed by atoms with Crippen LogP contribution in [0.1, 0.15) is 83.1 Å². The van der Waals surface area contributed by atoms with E-state index in [4.69, 9.17) is 9.52 Å². The van der Waals surface area contributed by atoms with Crippen molar-refractivity contribution in [2.24, 2.45) is 4.99 Å². The van der Waals surface area contributed by atoms with Gasteiger partial charge in [-0.15, -0.1) is 11.3 Å². The molecule has 2 aromatic heterocycles. The molecule has 1 fully saturated rings. The predicted molar refractivity (Wildman–Crippen MR) is 193 cm³/mol. The summed E-state index contributed by atoms with van der Waals surface area (Å²) >= 11 is 1.44. The van der Waals surface area contributed by atoms with Crippen LogP contribution in [0.25, 0.3) is 11.1 Å². The van der Waals surface area contributed by atoms with E-state index in [1.165, 1.54) is 11.3 Å². The van der Waals surface area contributed by atoms with Gasteiger partial charge in [-0.1, -0.05) is 67.0 Å². The smallest absolute Gasteiger partial charge is 0.264 e. The molecule has 12 heteroatoms. The molecule has 3 heterocycles. The number of benzene rings is 2. The van der Waals surface area contributed by atoms with Crippen LogP contribution in [-0.2, 0) is 27.9 Å². The Balaban J connectivity index is 1.26. The molecule has 0 radical (unpaired) electrons. The van der Waals surface area contributed by atoms with Gasteiger partial charge < -0.3 is 9.42 Å². The Morgan fingerprint density at radius 3 is 2.59 bits per heavy atom. The third-order valence-electron chi connectivity index (χ3n) is 9.73. The Bertz CT molecular complexity index is 2000. The summed E-state index contributed by atoms with van der Waals surface area (Å²) in [5.74, 6) is 0.625. The van der Waals surface area contributed by atoms with Gasteiger partial charge in [0.25, 0.3) is 11.8 Å². The second kappa shape index (κ2) is 13.9. The van der Waals surface area contributed by atoms with Gasteiger partial charge in [0, 0.05) is 32.0 Å². The lowest BCUT2D eigenvalue weighted by Crippen LogP contribution is -2.41. The molecule has 1 spiro atoms. The number of hydrogen-bond donors (Lipinski definition) is 1. The summed E-state index contributed by atoms with van der Waals surface area (Å²) in [5.41, 5.74) is 5.03. The van der Waals surface area contributed by atoms with Gasteiger partial charge in [-0.2, -0.15) is 0 Å². The molecule has 6 rings (SSSR count). The highest BCUT2D eigenvalue weighted by atomic mass is 32.2. The Labute approximate surface area is 292 Å². The van der Waals surface area contributed by atoms with Crippen LogP contribution < -0.4 is 4.72 Å². The first-order valence-electron chi connectivity index (χ1n) is 16.7. The number of aryl methyl sites for hydroxylation is 2. The third-order valence-corrected chi connectivity index (χ3v) is 12.5. The number of anilines is 1. The van der Waals surface area contributed by atoms with E-state index < -0.39 is 20.8 Å². The van der Waals surface area contributed by atoms with Crippen LogP contribution in [-0.4, -0.2) is 58.9 Å². The van der Waals surface area contributed by atoms with E-state index in [2.05, 4.69) is 41.1 Å². The van der Waals surface area contributed by atoms with Crippen molar-refractivity contribution in [2.45, 2.75) is 90.1 Å². The molecule has 1 aliphatic heterocycles. The first kappa shape index (κ1) is 34.6. The number of rotatable bonds is 12. The van der Waals surface area contributed by atoms with Gasteiger partial charge in [0.2, 0.25) is 15.9 Å². The minimum Gasteiger partial charge on any atom is -0.337 e. The molecule has 2 unspecified atom stereocenters. The Morgan fingerprint density at radius 1 is 1.14 bits per heavy atom. The van der Waals surface area contributed by atoms with Gasteiger partial charge in [0.1, 0.15) is 11.4 Å². The molecule has 4 aromatic rings. The zero-order chi connectivity index (χ0) is 34.9. The van der Waals surface area contributed by atoms with Gasteiger partial charge in [0.15, 0.2) is 0 Å². The van der Waals surface area contributed by atoms with Crippen LogP contribution in [0.5, 0.6) is 0 Å². The number of carbonyl (C=O) groups excluding carboxylic acids is 2. The lowest BCUT2D eigenvalue weighted by molar-refractivity contribution is -0.131. The summed E-state index contributed by atoms with van der Waals surface area (Å²) in [6, 6.07) is 18.2. The number of aromatic nitrogens is 1. The summed E-state index contributed by atoms with van der Waals surface area (Å²) in [7, 11) is -2.03. The molecule has 1 N–H and O–H groups in total. The second-order valence-corrected chi connectivity index (χ2v) is 16.1. The van der Waals surface area contributed by atoms with E-state index >= 15 is 0 Å². The lowest BCUT2D eigenvalue weighted by Gasteiger charge is -2.24. The Hall–Kier alpha value is -4.29. The molecule has 2 amide bonds. The molecule has 1 saturated carbocycles. The summed E-state index contributed by atoms with van der Waals surface area (Å²) in [5, 5.41) is 5.00. The zero-order valence-electron chi connectivity index (χ0n) is 28.7. The number of nitrogens with one attached hydrogen (secondary N) is 1. The molecule has 2 aliphatic rings. The lowest BCUT2D eigenvalue weighted by atomic mass is 9.96. The molecular formula is C37H43N5O5S2. The maximum absolute atomic E-state index is 14.3. The largest absolute Gasteiger partial charge is 0.337 e. The normalized spacial score (nSPS) is 19.1. The van der Waals surface area contributed by atoms with Crippen LogP contribution >= 0.6 is 11.3 Å². The second-order valence-electron chi connectivity index (χ2n) is 13.2. The quantitative estimate of drug-likeness (QED) is 0.166. The number of carbonyl (C=O) groups is 2. The molecule has 49 heavy (non-hydrogen) atoms. The molecule has 2 atom stereocenters. The molecule has 10 nitrogen and oxygen atoms in total. The maximum Gasteiger partial charge on any atom is 0.264 e. The number of hydrogen-bond acceptors (Lipinski definition) is 8. The van der Waals surface area contributed by atoms with Crippen LogP contribution in [0.4, 0.5) is 5.88 Å². The van der Waals surface area contributed by atoms with Crippen molar-refractivity contribution in [1.29, 1.82) is 0 Å². The summed E-state index contributed by atoms with van der Waals surface area (Å²) in [4.78, 5) is 37.0. The Morgan fingerprint density at radius 2 is 1.92 bits per heavy atom. The van der Waals surface area contributed by atoms with Gasteiger partial charge >= 0.3 is 0 Å². The minimum absolute atomic E-state index is 0.0311. The van der Waals surface area contributed by atoms with Gasteiger partial charge in [-0.3, -0.25) is 24.2 Å². The highest BCUT2D eigenvalue weighted by Gasteiger charge is 2.55. The fourth-order valence-electron chi connectivity index (χ4n) is 6.73. The predicted octanol–water partition coefficient (Wildman–Crippen LogP) is 7.26. The summed E-state index contributed by atoms with van der Waals surface area (Å²) < 4.78 is 34.7. The van der Waals surface area contributed by atoms with Gasteiger partial charge in [-0.05, 0) is 79.3 Å². The SMILES string of the molecule is CCCCC1=NC2(CCC(S(=O)(=O)Nc3onc(C)c3C)C2)C(=O)N1Cc1ccc(-c2ccccc2)c(CN(C)C(=O)c2sccc2C)c1. The zero-order valence-corrected chi connectivity index (χ0v) is 30.3. The number of unbranched alkanes of at least 4 members (excludes halogenated alkanes) is 1. The van der Waals surface area contributed by atoms with Crippen LogP contribution in [0.2, 0.25) is 0 Å². The monoisotopic (exact) mass is 701 g/mol. The standard InChI is InChI=1S/C37H43N5O5S2/c1-6-7-13-32-38-37(18-16-30(21-37)49(45,46)40-34-25(3)26(4)39-47-34)36(44)42(32)22-27-14-15-31(28-11-9-8-10-12-28)29(20-27)23-41(5)35(43)33-24(2)17-19-48-33/h8-12,14-15,17,19-20,30,40H,6-7,13,16,18,21-23H2,1-5H3. The third kappa shape index (κ3) is 6.94. The van der Waals surface area contributed by atoms with Crippen molar-refractivity contribution in [3.8, 4) is 11.1 Å². The van der Waals surface area contributed by atoms with Crippen LogP contribution in [0.3, 0.4) is 0 Å². The van der Waals surface area contributed by atoms with Crippen molar-refractivity contribution < 1.29 is 22.5 Å². The molecule has 0 saturated heterocycles. The summed E-state index contributed by atoms with van der Waals surface area (Å²) in [6.45, 7) is 8.24. The molecular weight excluding hydrogens is 659 g/mol.